The van der Waals surface area contributed by atoms with Gasteiger partial charge in [-0.15, -0.1) is 0 Å². The van der Waals surface area contributed by atoms with E-state index in [4.69, 9.17) is 35.6 Å². The zero-order valence-corrected chi connectivity index (χ0v) is 43.3. The number of carbonyl (C=O) groups is 5. The number of imide groups is 1. The van der Waals surface area contributed by atoms with Gasteiger partial charge in [-0.05, 0) is 155 Å². The summed E-state index contributed by atoms with van der Waals surface area (Å²) in [4.78, 5) is 68.0. The van der Waals surface area contributed by atoms with Crippen LogP contribution < -0.4 is 30.9 Å². The molecule has 7 aliphatic rings. The maximum atomic E-state index is 13.9. The molecule has 4 aromatic rings. The molecule has 4 aromatic carbocycles. The van der Waals surface area contributed by atoms with Crippen molar-refractivity contribution < 1.29 is 42.8 Å². The Balaban J connectivity index is 0.700. The van der Waals surface area contributed by atoms with Gasteiger partial charge >= 0.3 is 7.12 Å². The fourth-order valence-electron chi connectivity index (χ4n) is 12.5. The number of hydrogen-bond donors (Lipinski definition) is 3. The molecule has 5 atom stereocenters. The summed E-state index contributed by atoms with van der Waals surface area (Å²) in [5, 5.41) is 18.7. The second-order valence-corrected chi connectivity index (χ2v) is 22.1. The van der Waals surface area contributed by atoms with Crippen LogP contribution in [-0.4, -0.2) is 103 Å². The molecule has 3 N–H and O–H groups in total. The van der Waals surface area contributed by atoms with Crippen LogP contribution in [0.3, 0.4) is 0 Å². The number of piperidine rings is 1. The van der Waals surface area contributed by atoms with Crippen LogP contribution in [0.2, 0.25) is 5.02 Å². The van der Waals surface area contributed by atoms with Crippen LogP contribution >= 0.6 is 11.6 Å². The van der Waals surface area contributed by atoms with Gasteiger partial charge in [0.25, 0.3) is 17.7 Å². The molecular weight excluding hydrogens is 959 g/mol. The molecule has 5 amide bonds. The molecule has 3 heterocycles. The van der Waals surface area contributed by atoms with Gasteiger partial charge in [-0.1, -0.05) is 43.1 Å². The number of anilines is 1. The molecule has 4 aliphatic carbocycles. The van der Waals surface area contributed by atoms with Crippen molar-refractivity contribution in [3.8, 4) is 17.6 Å². The molecule has 4 saturated carbocycles. The summed E-state index contributed by atoms with van der Waals surface area (Å²) in [5.74, 6) is 0.863. The molecule has 1 unspecified atom stereocenters. The van der Waals surface area contributed by atoms with Gasteiger partial charge in [-0.25, -0.2) is 0 Å². The smallest absolute Gasteiger partial charge is 0.493 e. The average molecular weight is 1020 g/mol. The molecule has 74 heavy (non-hydrogen) atoms. The maximum Gasteiger partial charge on any atom is 0.494 e. The van der Waals surface area contributed by atoms with Crippen LogP contribution in [0.5, 0.6) is 11.5 Å². The number of nitrogens with zero attached hydrogens (tertiary/aromatic N) is 3. The summed E-state index contributed by atoms with van der Waals surface area (Å²) in [5.41, 5.74) is 5.25. The lowest BCUT2D eigenvalue weighted by Crippen LogP contribution is -2.66. The highest BCUT2D eigenvalue weighted by atomic mass is 35.5. The minimum Gasteiger partial charge on any atom is -0.493 e. The number of aryl methyl sites for hydroxylation is 1. The third kappa shape index (κ3) is 10.1. The van der Waals surface area contributed by atoms with E-state index in [2.05, 4.69) is 35.9 Å². The Morgan fingerprint density at radius 1 is 0.973 bits per heavy atom. The zero-order valence-electron chi connectivity index (χ0n) is 42.5. The summed E-state index contributed by atoms with van der Waals surface area (Å²) >= 11 is 6.19. The minimum absolute atomic E-state index is 0.0242. The van der Waals surface area contributed by atoms with Gasteiger partial charge in [0.15, 0.2) is 0 Å². The van der Waals surface area contributed by atoms with Crippen molar-refractivity contribution in [3.63, 3.8) is 0 Å². The van der Waals surface area contributed by atoms with Gasteiger partial charge in [-0.2, -0.15) is 5.26 Å². The predicted octanol–water partition coefficient (Wildman–Crippen LogP) is 7.75. The fourth-order valence-corrected chi connectivity index (χ4v) is 12.7. The molecule has 0 aromatic heterocycles. The molecular formula is C57H64BClN6O9. The van der Waals surface area contributed by atoms with Crippen LogP contribution in [0.15, 0.2) is 78.9 Å². The molecule has 386 valence electrons. The number of nitriles is 1. The monoisotopic (exact) mass is 1020 g/mol. The van der Waals surface area contributed by atoms with E-state index in [1.165, 1.54) is 4.90 Å². The molecule has 6 fully saturated rings. The van der Waals surface area contributed by atoms with Crippen LogP contribution in [-0.2, 0) is 25.4 Å². The second kappa shape index (κ2) is 21.1. The summed E-state index contributed by atoms with van der Waals surface area (Å²) in [6, 6.07) is 25.2. The Kier molecular flexibility index (Phi) is 14.6. The van der Waals surface area contributed by atoms with Crippen LogP contribution in [0, 0.1) is 35.5 Å². The first kappa shape index (κ1) is 51.1. The lowest BCUT2D eigenvalue weighted by atomic mass is 9.42. The van der Waals surface area contributed by atoms with Crippen molar-refractivity contribution in [2.24, 2.45) is 17.3 Å². The highest BCUT2D eigenvalue weighted by Gasteiger charge is 2.69. The van der Waals surface area contributed by atoms with E-state index in [0.29, 0.717) is 75.7 Å². The molecule has 17 heteroatoms. The molecule has 2 saturated heterocycles. The SMILES string of the molecule is Cc1ccc(C(=O)N(C)CCCOc2cccc3c2CN(C2CCC(=O)NC2=O)C3=O)cc1B1O[C@H]2C[C@H]3C[C@H](C3(C)C)[C@@]2(CCCNc2ccc(C(=O)N[C@H]3CC[C@H](Oc4ccc(C#N)c(Cl)c4)CC3)cc2)O1. The Labute approximate surface area is 438 Å². The number of amides is 5. The summed E-state index contributed by atoms with van der Waals surface area (Å²) in [6.45, 7) is 8.45. The largest absolute Gasteiger partial charge is 0.494 e. The van der Waals surface area contributed by atoms with E-state index in [1.54, 1.807) is 42.3 Å². The summed E-state index contributed by atoms with van der Waals surface area (Å²) in [6.07, 6.45) is 7.93. The highest BCUT2D eigenvalue weighted by molar-refractivity contribution is 6.62. The van der Waals surface area contributed by atoms with Crippen molar-refractivity contribution in [1.29, 1.82) is 5.26 Å². The number of halogens is 1. The molecule has 0 radical (unpaired) electrons. The van der Waals surface area contributed by atoms with E-state index in [1.807, 2.05) is 55.5 Å². The van der Waals surface area contributed by atoms with Gasteiger partial charge in [0.1, 0.15) is 23.6 Å². The van der Waals surface area contributed by atoms with Crippen molar-refractivity contribution >= 4 is 59.4 Å². The third-order valence-corrected chi connectivity index (χ3v) is 17.2. The standard InChI is InChI=1S/C57H64BClN6O9/c1-34-10-11-36(54(69)64(4)26-7-27-71-48-9-5-8-43-44(48)33-65(55(43)70)47-22-23-51(66)63-53(47)68)28-45(34)58-73-50-30-38-29-49(56(38,2)3)57(50,74-58)24-6-25-61-39-15-12-35(13-16-39)52(67)62-40-17-20-41(21-18-40)72-42-19-14-37(32-60)46(59)31-42/h5,8-16,19,28,31,38,40-41,47,49-50,61H,6-7,17-18,20-27,29-30,33H2,1-4H3,(H,62,67)(H,63,66,68)/t38-,40-,41-,47?,49-,50+,57-/m1/s1. The zero-order chi connectivity index (χ0) is 51.9. The topological polar surface area (TPSA) is 189 Å². The Hall–Kier alpha value is -6.41. The Morgan fingerprint density at radius 2 is 1.76 bits per heavy atom. The number of rotatable bonds is 17. The summed E-state index contributed by atoms with van der Waals surface area (Å²) < 4.78 is 26.4. The van der Waals surface area contributed by atoms with E-state index >= 15 is 0 Å². The third-order valence-electron chi connectivity index (χ3n) is 16.9. The fraction of sp³-hybridized carbons (Fsp3) is 0.474. The highest BCUT2D eigenvalue weighted by Crippen LogP contribution is 2.67. The minimum atomic E-state index is -0.706. The predicted molar refractivity (Wildman–Crippen MR) is 279 cm³/mol. The number of carbonyl (C=O) groups excluding carboxylic acids is 5. The molecule has 3 aliphatic heterocycles. The van der Waals surface area contributed by atoms with E-state index in [9.17, 15) is 24.0 Å². The van der Waals surface area contributed by atoms with Crippen LogP contribution in [0.1, 0.15) is 132 Å². The van der Waals surface area contributed by atoms with Crippen molar-refractivity contribution in [2.45, 2.75) is 128 Å². The number of hydrogen-bond acceptors (Lipinski definition) is 11. The molecule has 2 bridgehead atoms. The average Bonchev–Trinajstić information content (AvgIpc) is 3.98. The number of benzene rings is 4. The van der Waals surface area contributed by atoms with Gasteiger partial charge in [0.05, 0.1) is 41.5 Å². The molecule has 0 spiro atoms. The quantitative estimate of drug-likeness (QED) is 0.0533. The van der Waals surface area contributed by atoms with Crippen LogP contribution in [0.25, 0.3) is 0 Å². The van der Waals surface area contributed by atoms with E-state index in [-0.39, 0.29) is 66.7 Å². The van der Waals surface area contributed by atoms with Gasteiger partial charge in [0.2, 0.25) is 11.8 Å². The van der Waals surface area contributed by atoms with E-state index in [0.717, 1.165) is 74.6 Å². The molecule has 11 rings (SSSR count). The van der Waals surface area contributed by atoms with Gasteiger partial charge < -0.3 is 39.2 Å². The first-order valence-electron chi connectivity index (χ1n) is 26.2. The maximum absolute atomic E-state index is 13.9. The van der Waals surface area contributed by atoms with Crippen LogP contribution in [0.4, 0.5) is 5.69 Å². The number of ether oxygens (including phenoxy) is 2. The second-order valence-electron chi connectivity index (χ2n) is 21.7. The van der Waals surface area contributed by atoms with Gasteiger partial charge in [0, 0.05) is 66.6 Å². The summed E-state index contributed by atoms with van der Waals surface area (Å²) in [7, 11) is 1.18. The Morgan fingerprint density at radius 3 is 2.50 bits per heavy atom. The number of fused-ring (bicyclic) bond motifs is 1. The number of nitrogens with one attached hydrogen (secondary N) is 3. The van der Waals surface area contributed by atoms with E-state index < -0.39 is 24.7 Å². The first-order valence-corrected chi connectivity index (χ1v) is 26.6. The van der Waals surface area contributed by atoms with Crippen molar-refractivity contribution in [2.75, 3.05) is 32.1 Å². The Bertz CT molecular complexity index is 2890. The lowest BCUT2D eigenvalue weighted by molar-refractivity contribution is -0.210. The van der Waals surface area contributed by atoms with Crippen molar-refractivity contribution in [3.05, 3.63) is 117 Å². The molecule has 15 nitrogen and oxygen atoms in total. The normalized spacial score (nSPS) is 25.5. The lowest BCUT2D eigenvalue weighted by Gasteiger charge is -2.65. The first-order chi connectivity index (χ1) is 35.6. The van der Waals surface area contributed by atoms with Crippen molar-refractivity contribution in [1.82, 2.24) is 20.4 Å². The van der Waals surface area contributed by atoms with Gasteiger partial charge in [-0.3, -0.25) is 29.3 Å².